The lowest BCUT2D eigenvalue weighted by atomic mass is 10.0. The van der Waals surface area contributed by atoms with Gasteiger partial charge in [-0.15, -0.1) is 0 Å². The number of methoxy groups -OCH3 is 1. The van der Waals surface area contributed by atoms with Gasteiger partial charge >= 0.3 is 0 Å². The lowest BCUT2D eigenvalue weighted by Gasteiger charge is -2.14. The number of benzene rings is 2. The molecule has 0 spiro atoms. The second-order valence-corrected chi connectivity index (χ2v) is 9.80. The van der Waals surface area contributed by atoms with Gasteiger partial charge in [-0.05, 0) is 44.5 Å². The Kier molecular flexibility index (Phi) is 9.31. The minimum atomic E-state index is -3.65. The Morgan fingerprint density at radius 3 is 2.26 bits per heavy atom. The van der Waals surface area contributed by atoms with E-state index in [-0.39, 0.29) is 34.6 Å². The van der Waals surface area contributed by atoms with Crippen molar-refractivity contribution in [3.63, 3.8) is 0 Å². The van der Waals surface area contributed by atoms with Crippen LogP contribution in [0.25, 0.3) is 33.4 Å². The van der Waals surface area contributed by atoms with E-state index in [1.165, 1.54) is 38.6 Å². The largest absolute Gasteiger partial charge is 0.494 e. The highest BCUT2D eigenvalue weighted by molar-refractivity contribution is 7.92. The first-order valence-corrected chi connectivity index (χ1v) is 13.4. The topological polar surface area (TPSA) is 168 Å². The van der Waals surface area contributed by atoms with Gasteiger partial charge in [0.15, 0.2) is 11.6 Å². The van der Waals surface area contributed by atoms with Gasteiger partial charge < -0.3 is 20.9 Å². The molecule has 0 atom stereocenters. The van der Waals surface area contributed by atoms with Crippen LogP contribution in [0, 0.1) is 5.82 Å². The van der Waals surface area contributed by atoms with Crippen LogP contribution in [0.1, 0.15) is 20.8 Å². The summed E-state index contributed by atoms with van der Waals surface area (Å²) in [5.74, 6) is -0.0710. The molecule has 38 heavy (non-hydrogen) atoms. The highest BCUT2D eigenvalue weighted by atomic mass is 32.2. The van der Waals surface area contributed by atoms with E-state index in [4.69, 9.17) is 20.9 Å². The molecule has 202 valence electrons. The van der Waals surface area contributed by atoms with Crippen molar-refractivity contribution >= 4 is 38.4 Å². The number of nitrogens with one attached hydrogen (secondary N) is 1. The second-order valence-electron chi connectivity index (χ2n) is 7.79. The van der Waals surface area contributed by atoms with Crippen LogP contribution in [-0.2, 0) is 14.8 Å². The number of hydrogen-bond donors (Lipinski definition) is 3. The summed E-state index contributed by atoms with van der Waals surface area (Å²) in [6.45, 7) is 7.13. The normalized spacial score (nSPS) is 11.1. The fraction of sp³-hybridized carbons (Fsp3) is 0.280. The van der Waals surface area contributed by atoms with Gasteiger partial charge in [0.25, 0.3) is 0 Å². The maximum absolute atomic E-state index is 15.2. The Labute approximate surface area is 220 Å². The summed E-state index contributed by atoms with van der Waals surface area (Å²) in [4.78, 5) is 16.7. The van der Waals surface area contributed by atoms with E-state index in [0.29, 0.717) is 27.8 Å². The highest BCUT2D eigenvalue weighted by Gasteiger charge is 2.18. The minimum Gasteiger partial charge on any atom is -0.494 e. The van der Waals surface area contributed by atoms with Crippen LogP contribution in [-0.4, -0.2) is 54.4 Å². The molecule has 11 nitrogen and oxygen atoms in total. The molecular formula is C25H30FN7O4S. The molecule has 0 amide bonds. The molecule has 0 saturated carbocycles. The Bertz CT molecular complexity index is 1510. The lowest BCUT2D eigenvalue weighted by molar-refractivity contribution is 0.162. The Balaban J connectivity index is 0.000000732. The van der Waals surface area contributed by atoms with Gasteiger partial charge in [-0.2, -0.15) is 0 Å². The average Bonchev–Trinajstić information content (AvgIpc) is 2.90. The molecule has 0 saturated heterocycles. The number of nitrogens with zero attached hydrogens (tertiary/aromatic N) is 4. The molecule has 0 aliphatic carbocycles. The van der Waals surface area contributed by atoms with E-state index in [1.807, 2.05) is 13.8 Å². The van der Waals surface area contributed by atoms with E-state index in [0.717, 1.165) is 13.2 Å². The third kappa shape index (κ3) is 6.61. The van der Waals surface area contributed by atoms with Crippen molar-refractivity contribution in [2.45, 2.75) is 20.8 Å². The van der Waals surface area contributed by atoms with Crippen LogP contribution < -0.4 is 20.9 Å². The first kappa shape index (κ1) is 28.5. The zero-order valence-electron chi connectivity index (χ0n) is 21.5. The van der Waals surface area contributed by atoms with Crippen LogP contribution in [0.2, 0.25) is 0 Å². The first-order valence-electron chi connectivity index (χ1n) is 11.7. The summed E-state index contributed by atoms with van der Waals surface area (Å²) in [5.41, 5.74) is 13.1. The number of rotatable bonds is 8. The molecule has 2 aromatic heterocycles. The van der Waals surface area contributed by atoms with Crippen molar-refractivity contribution in [1.82, 2.24) is 19.9 Å². The maximum Gasteiger partial charge on any atom is 0.232 e. The van der Waals surface area contributed by atoms with Crippen LogP contribution in [0.5, 0.6) is 5.75 Å². The van der Waals surface area contributed by atoms with Gasteiger partial charge in [0.2, 0.25) is 16.0 Å². The highest BCUT2D eigenvalue weighted by Crippen LogP contribution is 2.37. The molecule has 5 N–H and O–H groups in total. The van der Waals surface area contributed by atoms with Crippen molar-refractivity contribution in [2.24, 2.45) is 0 Å². The van der Waals surface area contributed by atoms with Crippen LogP contribution in [0.4, 0.5) is 21.8 Å². The summed E-state index contributed by atoms with van der Waals surface area (Å²) in [5, 5.41) is 0.434. The van der Waals surface area contributed by atoms with E-state index in [2.05, 4.69) is 24.7 Å². The number of aromatic nitrogens is 4. The summed E-state index contributed by atoms with van der Waals surface area (Å²) in [6, 6.07) is 7.63. The Hall–Kier alpha value is -4.10. The molecule has 2 heterocycles. The second kappa shape index (κ2) is 12.4. The van der Waals surface area contributed by atoms with Crippen molar-refractivity contribution in [3.8, 4) is 28.3 Å². The van der Waals surface area contributed by atoms with E-state index in [9.17, 15) is 8.42 Å². The number of fused-ring (bicyclic) bond motifs is 1. The third-order valence-corrected chi connectivity index (χ3v) is 6.60. The maximum atomic E-state index is 15.2. The molecule has 0 radical (unpaired) electrons. The number of nitrogen functional groups attached to an aromatic ring is 2. The average molecular weight is 544 g/mol. The summed E-state index contributed by atoms with van der Waals surface area (Å²) in [7, 11) is -2.21. The smallest absolute Gasteiger partial charge is 0.232 e. The monoisotopic (exact) mass is 543 g/mol. The van der Waals surface area contributed by atoms with E-state index < -0.39 is 15.8 Å². The van der Waals surface area contributed by atoms with Gasteiger partial charge in [-0.25, -0.2) is 32.7 Å². The van der Waals surface area contributed by atoms with Gasteiger partial charge in [-0.1, -0.05) is 12.1 Å². The first-order chi connectivity index (χ1) is 18.1. The zero-order chi connectivity index (χ0) is 27.9. The van der Waals surface area contributed by atoms with Gasteiger partial charge in [0.1, 0.15) is 17.1 Å². The minimum absolute atomic E-state index is 0.111. The fourth-order valence-corrected chi connectivity index (χ4v) is 4.03. The lowest BCUT2D eigenvalue weighted by Crippen LogP contribution is -2.15. The van der Waals surface area contributed by atoms with Crippen molar-refractivity contribution in [1.29, 1.82) is 0 Å². The van der Waals surface area contributed by atoms with E-state index >= 15 is 4.39 Å². The van der Waals surface area contributed by atoms with Crippen molar-refractivity contribution in [2.75, 3.05) is 42.3 Å². The third-order valence-electron chi connectivity index (χ3n) is 5.31. The number of hydrogen-bond acceptors (Lipinski definition) is 10. The van der Waals surface area contributed by atoms with Crippen LogP contribution >= 0.6 is 0 Å². The van der Waals surface area contributed by atoms with Gasteiger partial charge in [-0.3, -0.25) is 4.72 Å². The predicted octanol–water partition coefficient (Wildman–Crippen LogP) is 3.87. The molecule has 13 heteroatoms. The van der Waals surface area contributed by atoms with Gasteiger partial charge in [0.05, 0.1) is 24.1 Å². The molecule has 4 aromatic rings. The number of halogens is 1. The number of ether oxygens (including phenoxy) is 2. The van der Waals surface area contributed by atoms with Gasteiger partial charge in [0, 0.05) is 36.6 Å². The Morgan fingerprint density at radius 1 is 1.00 bits per heavy atom. The number of nitrogens with two attached hydrogens (primary N) is 2. The molecule has 0 aliphatic rings. The molecule has 4 rings (SSSR count). The molecule has 0 aliphatic heterocycles. The standard InChI is InChI=1S/C21H20FN7O3S.C4H10O/c1-3-33(30,31)29-15-6-4-5-13(17(15)22)11-7-14-18(16(8-11)32-2)27-20(28-19(14)23)12-9-25-21(24)26-10-12;1-3-5-4-2/h4-10,29H,3H2,1-2H3,(H2,23,27,28)(H2,24,25,26);3-4H2,1-2H3. The molecular weight excluding hydrogens is 513 g/mol. The van der Waals surface area contributed by atoms with Crippen LogP contribution in [0.15, 0.2) is 42.7 Å². The summed E-state index contributed by atoms with van der Waals surface area (Å²) in [6.07, 6.45) is 2.95. The molecule has 0 bridgehead atoms. The number of anilines is 3. The summed E-state index contributed by atoms with van der Waals surface area (Å²) < 4.78 is 51.6. The van der Waals surface area contributed by atoms with Crippen molar-refractivity contribution < 1.29 is 22.3 Å². The number of sulfonamides is 1. The fourth-order valence-electron chi connectivity index (χ4n) is 3.39. The Morgan fingerprint density at radius 2 is 1.68 bits per heavy atom. The van der Waals surface area contributed by atoms with Crippen LogP contribution in [0.3, 0.4) is 0 Å². The summed E-state index contributed by atoms with van der Waals surface area (Å²) >= 11 is 0. The van der Waals surface area contributed by atoms with E-state index in [1.54, 1.807) is 18.2 Å². The zero-order valence-corrected chi connectivity index (χ0v) is 22.3. The molecule has 0 fully saturated rings. The molecule has 0 unspecified atom stereocenters. The molecule has 2 aromatic carbocycles. The predicted molar refractivity (Wildman–Crippen MR) is 147 cm³/mol. The SMILES string of the molecule is CCOCC.CCS(=O)(=O)Nc1cccc(-c2cc(OC)c3nc(-c4cnc(N)nc4)nc(N)c3c2)c1F. The van der Waals surface area contributed by atoms with Crippen molar-refractivity contribution in [3.05, 3.63) is 48.5 Å². The quantitative estimate of drug-likeness (QED) is 0.297.